The van der Waals surface area contributed by atoms with Gasteiger partial charge in [-0.25, -0.2) is 0 Å². The molecule has 0 aromatic heterocycles. The fraction of sp³-hybridized carbons (Fsp3) is 0.938. The Balaban J connectivity index is 4.33. The molecule has 320 valence electrons. The number of hydrogen-bond donors (Lipinski definition) is 0. The Kier molecular flexibility index (Phi) is 39.8. The second-order valence-electron chi connectivity index (χ2n) is 17.3. The maximum absolute atomic E-state index is 12.7. The SMILES string of the molecule is CCCCCCCCCCCCCCCC(=O)O[C@@H](COC(=O)CCCCCCCCCCCCC(C)C)COC(=O)CCCCCCCCCC(C)C. The molecule has 6 heteroatoms. The zero-order chi connectivity index (χ0) is 39.7. The summed E-state index contributed by atoms with van der Waals surface area (Å²) in [5, 5.41) is 0. The number of carbonyl (C=O) groups is 3. The van der Waals surface area contributed by atoms with E-state index < -0.39 is 6.10 Å². The van der Waals surface area contributed by atoms with Crippen molar-refractivity contribution in [2.24, 2.45) is 11.8 Å². The van der Waals surface area contributed by atoms with Gasteiger partial charge in [-0.2, -0.15) is 0 Å². The van der Waals surface area contributed by atoms with E-state index in [1.165, 1.54) is 148 Å². The van der Waals surface area contributed by atoms with Crippen LogP contribution in [0.1, 0.15) is 259 Å². The fourth-order valence-electron chi connectivity index (χ4n) is 7.11. The van der Waals surface area contributed by atoms with Crippen LogP contribution in [0.5, 0.6) is 0 Å². The molecular weight excluding hydrogens is 673 g/mol. The molecule has 0 aromatic rings. The van der Waals surface area contributed by atoms with Gasteiger partial charge in [-0.15, -0.1) is 0 Å². The van der Waals surface area contributed by atoms with Crippen LogP contribution in [0.15, 0.2) is 0 Å². The van der Waals surface area contributed by atoms with Crippen LogP contribution in [0.3, 0.4) is 0 Å². The van der Waals surface area contributed by atoms with Crippen LogP contribution in [-0.2, 0) is 28.6 Å². The standard InChI is InChI=1S/C48H92O6/c1-6-7-8-9-10-11-12-13-14-19-24-30-35-40-48(51)54-45(42-53-47(50)39-34-29-25-20-22-27-32-37-44(4)5)41-52-46(49)38-33-28-23-18-16-15-17-21-26-31-36-43(2)3/h43-45H,6-42H2,1-5H3/t45-/m0/s1. The molecule has 0 aliphatic rings. The van der Waals surface area contributed by atoms with Crippen molar-refractivity contribution in [1.29, 1.82) is 0 Å². The van der Waals surface area contributed by atoms with E-state index in [4.69, 9.17) is 14.2 Å². The molecule has 0 spiro atoms. The van der Waals surface area contributed by atoms with E-state index in [9.17, 15) is 14.4 Å². The van der Waals surface area contributed by atoms with Crippen molar-refractivity contribution < 1.29 is 28.6 Å². The van der Waals surface area contributed by atoms with Gasteiger partial charge in [0.05, 0.1) is 0 Å². The predicted molar refractivity (Wildman–Crippen MR) is 229 cm³/mol. The molecule has 0 radical (unpaired) electrons. The predicted octanol–water partition coefficient (Wildman–Crippen LogP) is 15.0. The molecule has 0 amide bonds. The highest BCUT2D eigenvalue weighted by Crippen LogP contribution is 2.17. The highest BCUT2D eigenvalue weighted by Gasteiger charge is 2.19. The molecule has 0 bridgehead atoms. The van der Waals surface area contributed by atoms with Crippen LogP contribution >= 0.6 is 0 Å². The average Bonchev–Trinajstić information content (AvgIpc) is 3.14. The third kappa shape index (κ3) is 41.6. The van der Waals surface area contributed by atoms with E-state index in [0.717, 1.165) is 69.6 Å². The summed E-state index contributed by atoms with van der Waals surface area (Å²) in [5.41, 5.74) is 0. The molecule has 1 atom stereocenters. The number of hydrogen-bond acceptors (Lipinski definition) is 6. The Morgan fingerprint density at radius 2 is 0.611 bits per heavy atom. The molecule has 0 rings (SSSR count). The van der Waals surface area contributed by atoms with Gasteiger partial charge >= 0.3 is 17.9 Å². The molecule has 0 saturated carbocycles. The fourth-order valence-corrected chi connectivity index (χ4v) is 7.11. The van der Waals surface area contributed by atoms with Gasteiger partial charge in [0.2, 0.25) is 0 Å². The van der Waals surface area contributed by atoms with Gasteiger partial charge in [0.15, 0.2) is 6.10 Å². The van der Waals surface area contributed by atoms with Crippen molar-refractivity contribution in [3.05, 3.63) is 0 Å². The van der Waals surface area contributed by atoms with E-state index in [1.807, 2.05) is 0 Å². The summed E-state index contributed by atoms with van der Waals surface area (Å²) in [6.45, 7) is 11.3. The van der Waals surface area contributed by atoms with Gasteiger partial charge in [-0.1, -0.05) is 221 Å². The topological polar surface area (TPSA) is 78.9 Å². The maximum Gasteiger partial charge on any atom is 0.306 e. The lowest BCUT2D eigenvalue weighted by atomic mass is 10.0. The molecule has 6 nitrogen and oxygen atoms in total. The van der Waals surface area contributed by atoms with Crippen molar-refractivity contribution in [2.75, 3.05) is 13.2 Å². The lowest BCUT2D eigenvalue weighted by molar-refractivity contribution is -0.167. The van der Waals surface area contributed by atoms with Gasteiger partial charge in [-0.05, 0) is 31.1 Å². The van der Waals surface area contributed by atoms with E-state index in [1.54, 1.807) is 0 Å². The Morgan fingerprint density at radius 1 is 0.352 bits per heavy atom. The summed E-state index contributed by atoms with van der Waals surface area (Å²) in [7, 11) is 0. The van der Waals surface area contributed by atoms with Crippen LogP contribution in [0.25, 0.3) is 0 Å². The lowest BCUT2D eigenvalue weighted by Crippen LogP contribution is -2.30. The van der Waals surface area contributed by atoms with Crippen molar-refractivity contribution in [3.63, 3.8) is 0 Å². The Labute approximate surface area is 336 Å². The quantitative estimate of drug-likeness (QED) is 0.0350. The molecule has 0 fully saturated rings. The minimum Gasteiger partial charge on any atom is -0.462 e. The van der Waals surface area contributed by atoms with Crippen LogP contribution in [0.4, 0.5) is 0 Å². The number of esters is 3. The van der Waals surface area contributed by atoms with E-state index in [-0.39, 0.29) is 31.1 Å². The summed E-state index contributed by atoms with van der Waals surface area (Å²) in [4.78, 5) is 37.7. The Morgan fingerprint density at radius 3 is 0.907 bits per heavy atom. The van der Waals surface area contributed by atoms with Gasteiger partial charge in [0.1, 0.15) is 13.2 Å². The van der Waals surface area contributed by atoms with E-state index in [0.29, 0.717) is 19.3 Å². The molecule has 0 aliphatic carbocycles. The molecule has 0 aliphatic heterocycles. The summed E-state index contributed by atoms with van der Waals surface area (Å²) >= 11 is 0. The first-order valence-corrected chi connectivity index (χ1v) is 23.7. The summed E-state index contributed by atoms with van der Waals surface area (Å²) in [6, 6.07) is 0. The maximum atomic E-state index is 12.7. The van der Waals surface area contributed by atoms with E-state index in [2.05, 4.69) is 34.6 Å². The Bertz CT molecular complexity index is 824. The zero-order valence-corrected chi connectivity index (χ0v) is 36.8. The summed E-state index contributed by atoms with van der Waals surface area (Å²) < 4.78 is 16.7. The molecular formula is C48H92O6. The normalized spacial score (nSPS) is 12.1. The van der Waals surface area contributed by atoms with Crippen LogP contribution < -0.4 is 0 Å². The van der Waals surface area contributed by atoms with E-state index >= 15 is 0 Å². The van der Waals surface area contributed by atoms with Gasteiger partial charge in [-0.3, -0.25) is 14.4 Å². The summed E-state index contributed by atoms with van der Waals surface area (Å²) in [5.74, 6) is 0.743. The monoisotopic (exact) mass is 765 g/mol. The van der Waals surface area contributed by atoms with Crippen LogP contribution in [-0.4, -0.2) is 37.2 Å². The average molecular weight is 765 g/mol. The first-order chi connectivity index (χ1) is 26.2. The second kappa shape index (κ2) is 41.1. The number of rotatable bonds is 42. The second-order valence-corrected chi connectivity index (χ2v) is 17.3. The van der Waals surface area contributed by atoms with Crippen molar-refractivity contribution in [1.82, 2.24) is 0 Å². The number of carbonyl (C=O) groups excluding carboxylic acids is 3. The lowest BCUT2D eigenvalue weighted by Gasteiger charge is -2.18. The molecule has 0 saturated heterocycles. The smallest absolute Gasteiger partial charge is 0.306 e. The summed E-state index contributed by atoms with van der Waals surface area (Å²) in [6.07, 6.45) is 39.5. The molecule has 0 N–H and O–H groups in total. The van der Waals surface area contributed by atoms with Crippen molar-refractivity contribution in [3.8, 4) is 0 Å². The largest absolute Gasteiger partial charge is 0.462 e. The highest BCUT2D eigenvalue weighted by molar-refractivity contribution is 5.71. The van der Waals surface area contributed by atoms with Crippen molar-refractivity contribution in [2.45, 2.75) is 265 Å². The molecule has 54 heavy (non-hydrogen) atoms. The van der Waals surface area contributed by atoms with Crippen LogP contribution in [0.2, 0.25) is 0 Å². The van der Waals surface area contributed by atoms with Crippen LogP contribution in [0, 0.1) is 11.8 Å². The molecule has 0 heterocycles. The number of unbranched alkanes of at least 4 members (excludes halogenated alkanes) is 27. The first-order valence-electron chi connectivity index (χ1n) is 23.7. The highest BCUT2D eigenvalue weighted by atomic mass is 16.6. The molecule has 0 unspecified atom stereocenters. The third-order valence-corrected chi connectivity index (χ3v) is 10.7. The first kappa shape index (κ1) is 52.4. The zero-order valence-electron chi connectivity index (χ0n) is 36.8. The minimum atomic E-state index is -0.761. The van der Waals surface area contributed by atoms with Gasteiger partial charge in [0.25, 0.3) is 0 Å². The van der Waals surface area contributed by atoms with Gasteiger partial charge < -0.3 is 14.2 Å². The molecule has 0 aromatic carbocycles. The van der Waals surface area contributed by atoms with Gasteiger partial charge in [0, 0.05) is 19.3 Å². The third-order valence-electron chi connectivity index (χ3n) is 10.7. The number of ether oxygens (including phenoxy) is 3. The Hall–Kier alpha value is -1.59. The van der Waals surface area contributed by atoms with Crippen molar-refractivity contribution >= 4 is 17.9 Å². The minimum absolute atomic E-state index is 0.0650.